The molecule has 6 nitrogen and oxygen atoms in total. The Morgan fingerprint density at radius 2 is 1.71 bits per heavy atom. The number of anilines is 2. The van der Waals surface area contributed by atoms with Gasteiger partial charge in [-0.15, -0.1) is 5.10 Å². The zero-order valence-electron chi connectivity index (χ0n) is 13.8. The number of hydrogen-bond donors (Lipinski definition) is 1. The van der Waals surface area contributed by atoms with Crippen molar-refractivity contribution in [2.24, 2.45) is 0 Å². The van der Waals surface area contributed by atoms with Crippen LogP contribution in [0.25, 0.3) is 0 Å². The molecule has 0 radical (unpaired) electrons. The fourth-order valence-corrected chi connectivity index (χ4v) is 2.20. The SMILES string of the molecule is CCc1nnc(N(C)CC(=O)Nc2cc(F)cc(F)c2)nc1CC. The number of aryl methyl sites for hydroxylation is 2. The fraction of sp³-hybridized carbons (Fsp3) is 0.375. The molecule has 8 heteroatoms. The summed E-state index contributed by atoms with van der Waals surface area (Å²) in [5.41, 5.74) is 1.72. The summed E-state index contributed by atoms with van der Waals surface area (Å²) in [5.74, 6) is -1.63. The number of carbonyl (C=O) groups excluding carboxylic acids is 1. The van der Waals surface area contributed by atoms with Crippen LogP contribution in [0.15, 0.2) is 18.2 Å². The quantitative estimate of drug-likeness (QED) is 0.877. The van der Waals surface area contributed by atoms with Gasteiger partial charge in [0.2, 0.25) is 11.9 Å². The average molecular weight is 335 g/mol. The molecule has 1 heterocycles. The first kappa shape index (κ1) is 17.7. The van der Waals surface area contributed by atoms with Gasteiger partial charge >= 0.3 is 0 Å². The molecule has 1 aromatic carbocycles. The number of nitrogens with one attached hydrogen (secondary N) is 1. The Hall–Kier alpha value is -2.64. The van der Waals surface area contributed by atoms with Crippen molar-refractivity contribution in [2.45, 2.75) is 26.7 Å². The lowest BCUT2D eigenvalue weighted by molar-refractivity contribution is -0.114. The van der Waals surface area contributed by atoms with Gasteiger partial charge < -0.3 is 10.2 Å². The van der Waals surface area contributed by atoms with Crippen LogP contribution in [0.1, 0.15) is 25.2 Å². The second kappa shape index (κ2) is 7.76. The van der Waals surface area contributed by atoms with Crippen molar-refractivity contribution in [3.05, 3.63) is 41.2 Å². The van der Waals surface area contributed by atoms with E-state index < -0.39 is 17.5 Å². The highest BCUT2D eigenvalue weighted by Gasteiger charge is 2.14. The van der Waals surface area contributed by atoms with E-state index in [2.05, 4.69) is 20.5 Å². The highest BCUT2D eigenvalue weighted by molar-refractivity contribution is 5.93. The van der Waals surface area contributed by atoms with E-state index >= 15 is 0 Å². The zero-order valence-corrected chi connectivity index (χ0v) is 13.8. The third-order valence-corrected chi connectivity index (χ3v) is 3.37. The number of halogens is 2. The summed E-state index contributed by atoms with van der Waals surface area (Å²) in [6.07, 6.45) is 1.45. The molecule has 2 rings (SSSR count). The van der Waals surface area contributed by atoms with Crippen LogP contribution in [0.5, 0.6) is 0 Å². The monoisotopic (exact) mass is 335 g/mol. The summed E-state index contributed by atoms with van der Waals surface area (Å²) in [7, 11) is 1.65. The first-order valence-electron chi connectivity index (χ1n) is 7.62. The predicted octanol–water partition coefficient (Wildman–Crippen LogP) is 2.35. The molecule has 1 amide bonds. The van der Waals surface area contributed by atoms with Gasteiger partial charge in [0.1, 0.15) is 11.6 Å². The van der Waals surface area contributed by atoms with Gasteiger partial charge in [0.05, 0.1) is 17.9 Å². The number of carbonyl (C=O) groups is 1. The van der Waals surface area contributed by atoms with Crippen molar-refractivity contribution in [2.75, 3.05) is 23.8 Å². The maximum absolute atomic E-state index is 13.1. The minimum absolute atomic E-state index is 0.0560. The number of aromatic nitrogens is 3. The van der Waals surface area contributed by atoms with Crippen LogP contribution in [0.3, 0.4) is 0 Å². The number of benzene rings is 1. The molecule has 0 aliphatic rings. The lowest BCUT2D eigenvalue weighted by Gasteiger charge is -2.17. The Morgan fingerprint density at radius 1 is 1.08 bits per heavy atom. The van der Waals surface area contributed by atoms with Gasteiger partial charge in [-0.3, -0.25) is 4.79 Å². The number of hydrogen-bond acceptors (Lipinski definition) is 5. The molecule has 0 fully saturated rings. The average Bonchev–Trinajstić information content (AvgIpc) is 2.52. The molecule has 128 valence electrons. The molecular formula is C16H19F2N5O. The summed E-state index contributed by atoms with van der Waals surface area (Å²) < 4.78 is 26.3. The van der Waals surface area contributed by atoms with Crippen LogP contribution in [-0.4, -0.2) is 34.7 Å². The highest BCUT2D eigenvalue weighted by Crippen LogP contribution is 2.13. The van der Waals surface area contributed by atoms with Crippen LogP contribution in [0, 0.1) is 11.6 Å². The van der Waals surface area contributed by atoms with Crippen molar-refractivity contribution in [1.29, 1.82) is 0 Å². The molecule has 0 saturated heterocycles. The van der Waals surface area contributed by atoms with Gasteiger partial charge in [0.25, 0.3) is 0 Å². The van der Waals surface area contributed by atoms with Crippen LogP contribution >= 0.6 is 0 Å². The summed E-state index contributed by atoms with van der Waals surface area (Å²) in [5, 5.41) is 10.6. The number of rotatable bonds is 6. The Labute approximate surface area is 138 Å². The molecule has 0 spiro atoms. The number of nitrogens with zero attached hydrogens (tertiary/aromatic N) is 4. The largest absolute Gasteiger partial charge is 0.333 e. The molecule has 0 aliphatic heterocycles. The molecule has 0 atom stereocenters. The van der Waals surface area contributed by atoms with E-state index in [1.54, 1.807) is 7.05 Å². The molecule has 1 aromatic heterocycles. The first-order valence-corrected chi connectivity index (χ1v) is 7.62. The Morgan fingerprint density at radius 3 is 2.29 bits per heavy atom. The molecule has 2 aromatic rings. The van der Waals surface area contributed by atoms with Crippen LogP contribution < -0.4 is 10.2 Å². The van der Waals surface area contributed by atoms with Crippen LogP contribution in [0.2, 0.25) is 0 Å². The van der Waals surface area contributed by atoms with Gasteiger partial charge in [-0.05, 0) is 25.0 Å². The van der Waals surface area contributed by atoms with Gasteiger partial charge in [-0.2, -0.15) is 5.10 Å². The molecule has 0 unspecified atom stereocenters. The molecule has 0 aliphatic carbocycles. The molecule has 24 heavy (non-hydrogen) atoms. The topological polar surface area (TPSA) is 71.0 Å². The van der Waals surface area contributed by atoms with Gasteiger partial charge in [-0.1, -0.05) is 13.8 Å². The molecule has 0 saturated carbocycles. The van der Waals surface area contributed by atoms with Gasteiger partial charge in [-0.25, -0.2) is 13.8 Å². The second-order valence-corrected chi connectivity index (χ2v) is 5.27. The zero-order chi connectivity index (χ0) is 17.7. The van der Waals surface area contributed by atoms with E-state index in [1.165, 1.54) is 4.90 Å². The molecule has 0 bridgehead atoms. The smallest absolute Gasteiger partial charge is 0.245 e. The van der Waals surface area contributed by atoms with E-state index in [9.17, 15) is 13.6 Å². The second-order valence-electron chi connectivity index (χ2n) is 5.27. The number of amides is 1. The van der Waals surface area contributed by atoms with E-state index in [4.69, 9.17) is 0 Å². The van der Waals surface area contributed by atoms with Crippen molar-refractivity contribution in [3.63, 3.8) is 0 Å². The Balaban J connectivity index is 2.05. The third kappa shape index (κ3) is 4.43. The third-order valence-electron chi connectivity index (χ3n) is 3.37. The summed E-state index contributed by atoms with van der Waals surface area (Å²) in [6.45, 7) is 3.87. The highest BCUT2D eigenvalue weighted by atomic mass is 19.1. The maximum Gasteiger partial charge on any atom is 0.245 e. The Kier molecular flexibility index (Phi) is 5.73. The lowest BCUT2D eigenvalue weighted by atomic mass is 10.2. The van der Waals surface area contributed by atoms with E-state index in [-0.39, 0.29) is 12.2 Å². The summed E-state index contributed by atoms with van der Waals surface area (Å²) in [6, 6.07) is 2.83. The first-order chi connectivity index (χ1) is 11.4. The summed E-state index contributed by atoms with van der Waals surface area (Å²) in [4.78, 5) is 17.9. The normalized spacial score (nSPS) is 10.5. The summed E-state index contributed by atoms with van der Waals surface area (Å²) >= 11 is 0. The molecule has 1 N–H and O–H groups in total. The van der Waals surface area contributed by atoms with Crippen molar-refractivity contribution >= 4 is 17.5 Å². The van der Waals surface area contributed by atoms with E-state index in [0.717, 1.165) is 36.0 Å². The van der Waals surface area contributed by atoms with E-state index in [0.29, 0.717) is 12.4 Å². The van der Waals surface area contributed by atoms with Crippen molar-refractivity contribution in [3.8, 4) is 0 Å². The lowest BCUT2D eigenvalue weighted by Crippen LogP contribution is -2.31. The maximum atomic E-state index is 13.1. The van der Waals surface area contributed by atoms with Crippen LogP contribution in [-0.2, 0) is 17.6 Å². The van der Waals surface area contributed by atoms with Crippen molar-refractivity contribution in [1.82, 2.24) is 15.2 Å². The standard InChI is InChI=1S/C16H19F2N5O/c1-4-13-14(5-2)21-22-16(20-13)23(3)9-15(24)19-12-7-10(17)6-11(18)8-12/h6-8H,4-5,9H2,1-3H3,(H,19,24). The van der Waals surface area contributed by atoms with Gasteiger partial charge in [0.15, 0.2) is 0 Å². The predicted molar refractivity (Wildman–Crippen MR) is 86.8 cm³/mol. The fourth-order valence-electron chi connectivity index (χ4n) is 2.20. The number of likely N-dealkylation sites (N-methyl/N-ethyl adjacent to an activating group) is 1. The van der Waals surface area contributed by atoms with Crippen LogP contribution in [0.4, 0.5) is 20.4 Å². The minimum atomic E-state index is -0.756. The van der Waals surface area contributed by atoms with E-state index in [1.807, 2.05) is 13.8 Å². The minimum Gasteiger partial charge on any atom is -0.333 e. The van der Waals surface area contributed by atoms with Gasteiger partial charge in [0, 0.05) is 18.8 Å². The molecular weight excluding hydrogens is 316 g/mol. The Bertz CT molecular complexity index is 718. The van der Waals surface area contributed by atoms with Crippen molar-refractivity contribution < 1.29 is 13.6 Å².